The smallest absolute Gasteiger partial charge is 0.342 e. The minimum atomic E-state index is -4.44. The van der Waals surface area contributed by atoms with Crippen molar-refractivity contribution in [2.75, 3.05) is 13.1 Å². The summed E-state index contributed by atoms with van der Waals surface area (Å²) >= 11 is 5.73. The van der Waals surface area contributed by atoms with Gasteiger partial charge in [-0.05, 0) is 30.5 Å². The number of halogens is 4. The summed E-state index contributed by atoms with van der Waals surface area (Å²) in [7, 11) is 0. The lowest BCUT2D eigenvalue weighted by Crippen LogP contribution is -2.37. The molecule has 1 heterocycles. The van der Waals surface area contributed by atoms with Crippen molar-refractivity contribution < 1.29 is 18.0 Å². The fourth-order valence-corrected chi connectivity index (χ4v) is 2.85. The number of likely N-dealkylation sites (tertiary alicyclic amines) is 1. The van der Waals surface area contributed by atoms with E-state index < -0.39 is 11.7 Å². The molecule has 2 nitrogen and oxygen atoms in total. The van der Waals surface area contributed by atoms with Gasteiger partial charge in [-0.15, -0.1) is 0 Å². The molecule has 1 aliphatic heterocycles. The summed E-state index contributed by atoms with van der Waals surface area (Å²) in [5.41, 5.74) is -0.0592. The fourth-order valence-electron chi connectivity index (χ4n) is 2.55. The van der Waals surface area contributed by atoms with Gasteiger partial charge in [-0.3, -0.25) is 4.79 Å². The Labute approximate surface area is 120 Å². The number of alkyl halides is 3. The highest BCUT2D eigenvalue weighted by Gasteiger charge is 2.33. The van der Waals surface area contributed by atoms with Gasteiger partial charge in [0.1, 0.15) is 0 Å². The second-order valence-corrected chi connectivity index (χ2v) is 5.45. The van der Waals surface area contributed by atoms with Gasteiger partial charge in [-0.25, -0.2) is 0 Å². The molecule has 2 rings (SSSR count). The van der Waals surface area contributed by atoms with Crippen LogP contribution in [0, 0.1) is 0 Å². The van der Waals surface area contributed by atoms with Gasteiger partial charge in [0.15, 0.2) is 0 Å². The van der Waals surface area contributed by atoms with Crippen molar-refractivity contribution in [1.29, 1.82) is 0 Å². The van der Waals surface area contributed by atoms with E-state index in [-0.39, 0.29) is 16.8 Å². The van der Waals surface area contributed by atoms with E-state index in [0.717, 1.165) is 24.5 Å². The molecule has 0 aromatic heterocycles. The topological polar surface area (TPSA) is 20.3 Å². The predicted octanol–water partition coefficient (Wildman–Crippen LogP) is 4.08. The van der Waals surface area contributed by atoms with Gasteiger partial charge in [-0.1, -0.05) is 17.7 Å². The Morgan fingerprint density at radius 3 is 2.65 bits per heavy atom. The molecule has 0 radical (unpaired) electrons. The second kappa shape index (κ2) is 5.64. The van der Waals surface area contributed by atoms with Gasteiger partial charge in [0, 0.05) is 25.9 Å². The molecule has 0 saturated carbocycles. The van der Waals surface area contributed by atoms with Crippen molar-refractivity contribution in [1.82, 2.24) is 4.90 Å². The third-order valence-corrected chi connectivity index (χ3v) is 3.95. The van der Waals surface area contributed by atoms with Gasteiger partial charge in [0.2, 0.25) is 5.91 Å². The van der Waals surface area contributed by atoms with Crippen LogP contribution >= 0.6 is 11.6 Å². The summed E-state index contributed by atoms with van der Waals surface area (Å²) < 4.78 is 38.0. The zero-order valence-corrected chi connectivity index (χ0v) is 11.8. The van der Waals surface area contributed by atoms with Crippen LogP contribution in [-0.4, -0.2) is 23.9 Å². The number of amides is 1. The lowest BCUT2D eigenvalue weighted by atomic mass is 9.90. The zero-order valence-electron chi connectivity index (χ0n) is 11.0. The Bertz CT molecular complexity index is 516. The standard InChI is InChI=1S/C14H15ClF3NO/c1-9(20)19-6-2-3-11(8-19)10-4-5-12(13(15)7-10)14(16,17)18/h4-5,7,11H,2-3,6,8H2,1H3. The number of hydrogen-bond acceptors (Lipinski definition) is 1. The highest BCUT2D eigenvalue weighted by molar-refractivity contribution is 6.31. The normalized spacial score (nSPS) is 20.1. The largest absolute Gasteiger partial charge is 0.417 e. The van der Waals surface area contributed by atoms with Crippen molar-refractivity contribution in [3.63, 3.8) is 0 Å². The molecule has 1 aromatic carbocycles. The van der Waals surface area contributed by atoms with Crippen molar-refractivity contribution in [2.45, 2.75) is 31.9 Å². The summed E-state index contributed by atoms with van der Waals surface area (Å²) in [5, 5.41) is -0.282. The molecule has 0 N–H and O–H groups in total. The molecule has 1 aliphatic rings. The Kier molecular flexibility index (Phi) is 4.28. The van der Waals surface area contributed by atoms with E-state index in [4.69, 9.17) is 11.6 Å². The van der Waals surface area contributed by atoms with E-state index in [1.165, 1.54) is 19.1 Å². The number of carbonyl (C=O) groups is 1. The predicted molar refractivity (Wildman–Crippen MR) is 70.7 cm³/mol. The number of piperidine rings is 1. The van der Waals surface area contributed by atoms with Crippen LogP contribution in [0.4, 0.5) is 13.2 Å². The average molecular weight is 306 g/mol. The number of rotatable bonds is 1. The molecule has 6 heteroatoms. The maximum absolute atomic E-state index is 12.7. The molecule has 1 amide bonds. The van der Waals surface area contributed by atoms with E-state index in [0.29, 0.717) is 13.1 Å². The summed E-state index contributed by atoms with van der Waals surface area (Å²) in [5.74, 6) is 0.0418. The summed E-state index contributed by atoms with van der Waals surface area (Å²) in [4.78, 5) is 13.1. The van der Waals surface area contributed by atoms with Crippen molar-refractivity contribution in [3.05, 3.63) is 34.3 Å². The third kappa shape index (κ3) is 3.26. The van der Waals surface area contributed by atoms with E-state index in [2.05, 4.69) is 0 Å². The Hall–Kier alpha value is -1.23. The maximum atomic E-state index is 12.7. The van der Waals surface area contributed by atoms with E-state index >= 15 is 0 Å². The minimum absolute atomic E-state index is 0.00675. The van der Waals surface area contributed by atoms with Crippen LogP contribution in [0.5, 0.6) is 0 Å². The first-order valence-electron chi connectivity index (χ1n) is 6.41. The Morgan fingerprint density at radius 1 is 1.40 bits per heavy atom. The molecular weight excluding hydrogens is 291 g/mol. The fraction of sp³-hybridized carbons (Fsp3) is 0.500. The van der Waals surface area contributed by atoms with Crippen LogP contribution in [-0.2, 0) is 11.0 Å². The lowest BCUT2D eigenvalue weighted by Gasteiger charge is -2.32. The van der Waals surface area contributed by atoms with Gasteiger partial charge >= 0.3 is 6.18 Å². The molecule has 0 aliphatic carbocycles. The van der Waals surface area contributed by atoms with Crippen LogP contribution in [0.1, 0.15) is 36.8 Å². The first kappa shape index (κ1) is 15.2. The monoisotopic (exact) mass is 305 g/mol. The molecule has 110 valence electrons. The zero-order chi connectivity index (χ0) is 14.9. The highest BCUT2D eigenvalue weighted by atomic mass is 35.5. The Balaban J connectivity index is 2.21. The minimum Gasteiger partial charge on any atom is -0.342 e. The van der Waals surface area contributed by atoms with Crippen LogP contribution in [0.3, 0.4) is 0 Å². The molecule has 20 heavy (non-hydrogen) atoms. The maximum Gasteiger partial charge on any atom is 0.417 e. The van der Waals surface area contributed by atoms with Gasteiger partial charge in [0.25, 0.3) is 0 Å². The molecule has 1 atom stereocenters. The molecule has 0 spiro atoms. The third-order valence-electron chi connectivity index (χ3n) is 3.64. The SMILES string of the molecule is CC(=O)N1CCCC(c2ccc(C(F)(F)F)c(Cl)c2)C1. The van der Waals surface area contributed by atoms with Crippen LogP contribution in [0.15, 0.2) is 18.2 Å². The summed E-state index contributed by atoms with van der Waals surface area (Å²) in [6.45, 7) is 2.75. The molecule has 1 aromatic rings. The average Bonchev–Trinajstić information content (AvgIpc) is 2.37. The number of nitrogens with zero attached hydrogens (tertiary/aromatic N) is 1. The first-order chi connectivity index (χ1) is 9.29. The molecule has 1 saturated heterocycles. The van der Waals surface area contributed by atoms with Crippen molar-refractivity contribution >= 4 is 17.5 Å². The highest BCUT2D eigenvalue weighted by Crippen LogP contribution is 2.37. The van der Waals surface area contributed by atoms with E-state index in [9.17, 15) is 18.0 Å². The van der Waals surface area contributed by atoms with Crippen LogP contribution in [0.2, 0.25) is 5.02 Å². The van der Waals surface area contributed by atoms with Crippen LogP contribution < -0.4 is 0 Å². The molecule has 1 fully saturated rings. The molecule has 0 bridgehead atoms. The van der Waals surface area contributed by atoms with Crippen LogP contribution in [0.25, 0.3) is 0 Å². The summed E-state index contributed by atoms with van der Waals surface area (Å²) in [6.07, 6.45) is -2.73. The first-order valence-corrected chi connectivity index (χ1v) is 6.79. The van der Waals surface area contributed by atoms with Gasteiger partial charge < -0.3 is 4.90 Å². The number of hydrogen-bond donors (Lipinski definition) is 0. The van der Waals surface area contributed by atoms with Gasteiger partial charge in [0.05, 0.1) is 10.6 Å². The number of carbonyl (C=O) groups excluding carboxylic acids is 1. The van der Waals surface area contributed by atoms with Gasteiger partial charge in [-0.2, -0.15) is 13.2 Å². The van der Waals surface area contributed by atoms with E-state index in [1.807, 2.05) is 0 Å². The molecule has 1 unspecified atom stereocenters. The lowest BCUT2D eigenvalue weighted by molar-refractivity contribution is -0.137. The van der Waals surface area contributed by atoms with E-state index in [1.54, 1.807) is 4.90 Å². The molecular formula is C14H15ClF3NO. The van der Waals surface area contributed by atoms with Crippen molar-refractivity contribution in [2.24, 2.45) is 0 Å². The quantitative estimate of drug-likeness (QED) is 0.765. The Morgan fingerprint density at radius 2 is 2.10 bits per heavy atom. The second-order valence-electron chi connectivity index (χ2n) is 5.04. The number of benzene rings is 1. The summed E-state index contributed by atoms with van der Waals surface area (Å²) in [6, 6.07) is 3.85. The van der Waals surface area contributed by atoms with Crippen molar-refractivity contribution in [3.8, 4) is 0 Å².